The normalized spacial score (nSPS) is 15.3. The minimum absolute atomic E-state index is 0. The predicted molar refractivity (Wildman–Crippen MR) is 122 cm³/mol. The Hall–Kier alpha value is -0.450. The summed E-state index contributed by atoms with van der Waals surface area (Å²) < 4.78 is 25.7. The molecule has 1 aliphatic rings. The van der Waals surface area contributed by atoms with Crippen molar-refractivity contribution in [1.29, 1.82) is 0 Å². The Morgan fingerprint density at radius 1 is 1.30 bits per heavy atom. The molecule has 5 nitrogen and oxygen atoms in total. The molecule has 0 unspecified atom stereocenters. The van der Waals surface area contributed by atoms with Crippen molar-refractivity contribution in [1.82, 2.24) is 10.6 Å². The summed E-state index contributed by atoms with van der Waals surface area (Å²) in [7, 11) is 1.73. The maximum atomic E-state index is 13.7. The average Bonchev–Trinajstić information content (AvgIpc) is 2.66. The fourth-order valence-electron chi connectivity index (χ4n) is 2.82. The molecular formula is C19H30BrFIN3O2. The number of halogens is 3. The lowest BCUT2D eigenvalue weighted by molar-refractivity contribution is 0.0203. The van der Waals surface area contributed by atoms with Gasteiger partial charge in [-0.05, 0) is 55.4 Å². The van der Waals surface area contributed by atoms with E-state index in [1.165, 1.54) is 6.07 Å². The van der Waals surface area contributed by atoms with Crippen molar-refractivity contribution in [3.05, 3.63) is 34.1 Å². The van der Waals surface area contributed by atoms with Gasteiger partial charge in [-0.3, -0.25) is 4.99 Å². The standard InChI is InChI=1S/C19H29BrFN3O2.HI/c1-22-19(24-9-5-16-13-17(20)3-4-18(16)21)23-8-2-10-26-14-15-6-11-25-12-7-15;/h3-4,13,15H,2,5-12,14H2,1H3,(H2,22,23,24);1H. The van der Waals surface area contributed by atoms with Gasteiger partial charge >= 0.3 is 0 Å². The van der Waals surface area contributed by atoms with Gasteiger partial charge in [0, 0.05) is 51.0 Å². The summed E-state index contributed by atoms with van der Waals surface area (Å²) in [6, 6.07) is 4.99. The zero-order valence-corrected chi connectivity index (χ0v) is 19.7. The lowest BCUT2D eigenvalue weighted by atomic mass is 10.0. The number of ether oxygens (including phenoxy) is 2. The molecule has 0 aliphatic carbocycles. The first-order chi connectivity index (χ1) is 12.7. The summed E-state index contributed by atoms with van der Waals surface area (Å²) in [5, 5.41) is 6.47. The monoisotopic (exact) mass is 557 g/mol. The Balaban J connectivity index is 0.00000364. The lowest BCUT2D eigenvalue weighted by Crippen LogP contribution is -2.39. The van der Waals surface area contributed by atoms with Gasteiger partial charge in [0.25, 0.3) is 0 Å². The summed E-state index contributed by atoms with van der Waals surface area (Å²) in [4.78, 5) is 4.19. The zero-order chi connectivity index (χ0) is 18.6. The second kappa shape index (κ2) is 14.5. The number of benzene rings is 1. The van der Waals surface area contributed by atoms with E-state index in [-0.39, 0.29) is 29.8 Å². The van der Waals surface area contributed by atoms with Gasteiger partial charge in [0.15, 0.2) is 5.96 Å². The molecule has 0 spiro atoms. The molecule has 0 saturated carbocycles. The second-order valence-corrected chi connectivity index (χ2v) is 7.31. The van der Waals surface area contributed by atoms with Crippen LogP contribution in [-0.4, -0.2) is 52.5 Å². The number of rotatable bonds is 9. The number of hydrogen-bond acceptors (Lipinski definition) is 3. The predicted octanol–water partition coefficient (Wildman–Crippen LogP) is 3.75. The Morgan fingerprint density at radius 3 is 2.78 bits per heavy atom. The van der Waals surface area contributed by atoms with Crippen molar-refractivity contribution in [2.24, 2.45) is 10.9 Å². The van der Waals surface area contributed by atoms with Crippen molar-refractivity contribution in [2.45, 2.75) is 25.7 Å². The number of hydrogen-bond donors (Lipinski definition) is 2. The minimum atomic E-state index is -0.181. The van der Waals surface area contributed by atoms with Crippen molar-refractivity contribution in [2.75, 3.05) is 46.6 Å². The van der Waals surface area contributed by atoms with Crippen LogP contribution in [0.25, 0.3) is 0 Å². The summed E-state index contributed by atoms with van der Waals surface area (Å²) >= 11 is 3.37. The third kappa shape index (κ3) is 10.0. The van der Waals surface area contributed by atoms with E-state index in [0.717, 1.165) is 62.7 Å². The van der Waals surface area contributed by atoms with Crippen LogP contribution in [0.15, 0.2) is 27.7 Å². The molecule has 2 N–H and O–H groups in total. The third-order valence-electron chi connectivity index (χ3n) is 4.37. The summed E-state index contributed by atoms with van der Waals surface area (Å²) in [6.45, 7) is 4.70. The Kier molecular flexibility index (Phi) is 13.2. The largest absolute Gasteiger partial charge is 0.381 e. The van der Waals surface area contributed by atoms with Crippen LogP contribution in [0, 0.1) is 11.7 Å². The van der Waals surface area contributed by atoms with E-state index < -0.39 is 0 Å². The molecule has 0 radical (unpaired) electrons. The topological polar surface area (TPSA) is 54.9 Å². The van der Waals surface area contributed by atoms with Crippen LogP contribution in [0.1, 0.15) is 24.8 Å². The van der Waals surface area contributed by atoms with Crippen LogP contribution in [-0.2, 0) is 15.9 Å². The number of nitrogens with one attached hydrogen (secondary N) is 2. The SMILES string of the molecule is CN=C(NCCCOCC1CCOCC1)NCCc1cc(Br)ccc1F.I. The summed E-state index contributed by atoms with van der Waals surface area (Å²) in [5.41, 5.74) is 0.684. The van der Waals surface area contributed by atoms with Gasteiger partial charge < -0.3 is 20.1 Å². The van der Waals surface area contributed by atoms with Crippen molar-refractivity contribution < 1.29 is 13.9 Å². The molecule has 1 aromatic carbocycles. The molecule has 1 aliphatic heterocycles. The van der Waals surface area contributed by atoms with Gasteiger partial charge in [-0.2, -0.15) is 0 Å². The third-order valence-corrected chi connectivity index (χ3v) is 4.86. The quantitative estimate of drug-likeness (QED) is 0.210. The van der Waals surface area contributed by atoms with Crippen LogP contribution in [0.5, 0.6) is 0 Å². The van der Waals surface area contributed by atoms with Crippen LogP contribution >= 0.6 is 39.9 Å². The molecule has 0 aromatic heterocycles. The van der Waals surface area contributed by atoms with Crippen molar-refractivity contribution in [3.8, 4) is 0 Å². The van der Waals surface area contributed by atoms with Crippen LogP contribution in [0.3, 0.4) is 0 Å². The first-order valence-corrected chi connectivity index (χ1v) is 10.0. The molecule has 0 bridgehead atoms. The Bertz CT molecular complexity index is 572. The Labute approximate surface area is 187 Å². The van der Waals surface area contributed by atoms with Gasteiger partial charge in [0.1, 0.15) is 5.82 Å². The molecule has 8 heteroatoms. The van der Waals surface area contributed by atoms with Gasteiger partial charge in [-0.1, -0.05) is 15.9 Å². The lowest BCUT2D eigenvalue weighted by Gasteiger charge is -2.21. The van der Waals surface area contributed by atoms with Gasteiger partial charge in [-0.15, -0.1) is 24.0 Å². The van der Waals surface area contributed by atoms with Crippen LogP contribution in [0.2, 0.25) is 0 Å². The molecule has 1 aromatic rings. The maximum Gasteiger partial charge on any atom is 0.190 e. The van der Waals surface area contributed by atoms with Crippen molar-refractivity contribution in [3.63, 3.8) is 0 Å². The van der Waals surface area contributed by atoms with Crippen LogP contribution in [0.4, 0.5) is 4.39 Å². The average molecular weight is 558 g/mol. The second-order valence-electron chi connectivity index (χ2n) is 6.40. The molecule has 1 saturated heterocycles. The van der Waals surface area contributed by atoms with E-state index >= 15 is 0 Å². The van der Waals surface area contributed by atoms with E-state index in [2.05, 4.69) is 31.6 Å². The number of guanidine groups is 1. The summed E-state index contributed by atoms with van der Waals surface area (Å²) in [5.74, 6) is 1.19. The molecule has 27 heavy (non-hydrogen) atoms. The first-order valence-electron chi connectivity index (χ1n) is 9.23. The van der Waals surface area contributed by atoms with Crippen molar-refractivity contribution >= 4 is 45.9 Å². The van der Waals surface area contributed by atoms with Gasteiger partial charge in [0.2, 0.25) is 0 Å². The smallest absolute Gasteiger partial charge is 0.190 e. The van der Waals surface area contributed by atoms with E-state index in [4.69, 9.17) is 9.47 Å². The molecular weight excluding hydrogens is 528 g/mol. The summed E-state index contributed by atoms with van der Waals surface area (Å²) in [6.07, 6.45) is 3.73. The van der Waals surface area contributed by atoms with E-state index in [9.17, 15) is 4.39 Å². The van der Waals surface area contributed by atoms with E-state index in [1.54, 1.807) is 13.1 Å². The van der Waals surface area contributed by atoms with Gasteiger partial charge in [-0.25, -0.2) is 4.39 Å². The highest BCUT2D eigenvalue weighted by molar-refractivity contribution is 14.0. The highest BCUT2D eigenvalue weighted by Crippen LogP contribution is 2.16. The number of aliphatic imine (C=N–C) groups is 1. The van der Waals surface area contributed by atoms with Gasteiger partial charge in [0.05, 0.1) is 0 Å². The fourth-order valence-corrected chi connectivity index (χ4v) is 3.22. The molecule has 0 amide bonds. The highest BCUT2D eigenvalue weighted by atomic mass is 127. The molecule has 1 heterocycles. The minimum Gasteiger partial charge on any atom is -0.381 e. The Morgan fingerprint density at radius 2 is 2.04 bits per heavy atom. The van der Waals surface area contributed by atoms with E-state index in [0.29, 0.717) is 24.4 Å². The van der Waals surface area contributed by atoms with E-state index in [1.807, 2.05) is 6.07 Å². The number of nitrogens with zero attached hydrogens (tertiary/aromatic N) is 1. The first kappa shape index (κ1) is 24.6. The zero-order valence-electron chi connectivity index (χ0n) is 15.8. The van der Waals surface area contributed by atoms with Crippen LogP contribution < -0.4 is 10.6 Å². The molecule has 2 rings (SSSR count). The fraction of sp³-hybridized carbons (Fsp3) is 0.632. The highest BCUT2D eigenvalue weighted by Gasteiger charge is 2.13. The molecule has 0 atom stereocenters. The maximum absolute atomic E-state index is 13.7. The molecule has 1 fully saturated rings. The molecule has 154 valence electrons.